The molecule has 4 rings (SSSR count). The number of alkyl halides is 3. The topological polar surface area (TPSA) is 95.7 Å². The Labute approximate surface area is 208 Å². The van der Waals surface area contributed by atoms with E-state index in [-0.39, 0.29) is 37.3 Å². The minimum atomic E-state index is -4.23. The Balaban J connectivity index is 1.61. The first-order chi connectivity index (χ1) is 17.1. The predicted octanol–water partition coefficient (Wildman–Crippen LogP) is 5.83. The Kier molecular flexibility index (Phi) is 7.90. The summed E-state index contributed by atoms with van der Waals surface area (Å²) in [4.78, 5) is 26.3. The molecule has 2 atom stereocenters. The first-order valence-corrected chi connectivity index (χ1v) is 12.5. The largest absolute Gasteiger partial charge is 0.481 e. The van der Waals surface area contributed by atoms with Gasteiger partial charge in [-0.05, 0) is 56.2 Å². The van der Waals surface area contributed by atoms with Gasteiger partial charge in [0.1, 0.15) is 5.76 Å². The molecule has 10 heteroatoms. The van der Waals surface area contributed by atoms with Crippen molar-refractivity contribution in [2.45, 2.75) is 82.8 Å². The standard InChI is InChI=1S/C26H32F3N3O4/c1-16-12-18(31-36-16)14-24(33)30-22-13-17(20-15-21(20)25(34)35)8-9-23(22)32(11-5-10-26(27,28)29)19-6-3-2-4-7-19/h8-9,12-13,19-21H,2-7,10-11,14-15H2,1H3,(H,30,33)(H,34,35)/t20-,21-/m1/s1. The van der Waals surface area contributed by atoms with Gasteiger partial charge in [0.15, 0.2) is 0 Å². The lowest BCUT2D eigenvalue weighted by Crippen LogP contribution is -2.38. The van der Waals surface area contributed by atoms with Gasteiger partial charge in [-0.25, -0.2) is 0 Å². The third-order valence-corrected chi connectivity index (χ3v) is 7.03. The summed E-state index contributed by atoms with van der Waals surface area (Å²) in [5.74, 6) is -1.20. The van der Waals surface area contributed by atoms with Crippen molar-refractivity contribution in [2.24, 2.45) is 5.92 Å². The molecule has 2 aliphatic carbocycles. The average Bonchev–Trinajstić information content (AvgIpc) is 3.53. The van der Waals surface area contributed by atoms with E-state index >= 15 is 0 Å². The van der Waals surface area contributed by atoms with Crippen LogP contribution in [0.4, 0.5) is 24.5 Å². The molecule has 196 valence electrons. The monoisotopic (exact) mass is 507 g/mol. The van der Waals surface area contributed by atoms with E-state index in [1.54, 1.807) is 19.1 Å². The quantitative estimate of drug-likeness (QED) is 0.420. The number of carbonyl (C=O) groups excluding carboxylic acids is 1. The highest BCUT2D eigenvalue weighted by Gasteiger charge is 2.44. The van der Waals surface area contributed by atoms with E-state index in [9.17, 15) is 27.9 Å². The molecule has 2 fully saturated rings. The molecule has 7 nitrogen and oxygen atoms in total. The molecule has 0 radical (unpaired) electrons. The number of halogens is 3. The second-order valence-corrected chi connectivity index (χ2v) is 9.92. The number of carboxylic acid groups (broad SMARTS) is 1. The molecule has 2 aromatic rings. The molecule has 0 spiro atoms. The maximum Gasteiger partial charge on any atom is 0.389 e. The van der Waals surface area contributed by atoms with Crippen LogP contribution in [0.5, 0.6) is 0 Å². The van der Waals surface area contributed by atoms with Gasteiger partial charge >= 0.3 is 12.1 Å². The fourth-order valence-electron chi connectivity index (χ4n) is 5.17. The zero-order valence-corrected chi connectivity index (χ0v) is 20.3. The van der Waals surface area contributed by atoms with Crippen molar-refractivity contribution in [3.63, 3.8) is 0 Å². The molecule has 0 aliphatic heterocycles. The third kappa shape index (κ3) is 6.79. The lowest BCUT2D eigenvalue weighted by atomic mass is 9.93. The molecule has 1 aromatic heterocycles. The van der Waals surface area contributed by atoms with Crippen molar-refractivity contribution >= 4 is 23.3 Å². The molecule has 0 bridgehead atoms. The molecule has 0 unspecified atom stereocenters. The van der Waals surface area contributed by atoms with Crippen molar-refractivity contribution in [3.8, 4) is 0 Å². The molecule has 2 aliphatic rings. The summed E-state index contributed by atoms with van der Waals surface area (Å²) >= 11 is 0. The molecular weight excluding hydrogens is 475 g/mol. The number of rotatable bonds is 10. The van der Waals surface area contributed by atoms with Crippen LogP contribution in [0.2, 0.25) is 0 Å². The third-order valence-electron chi connectivity index (χ3n) is 7.03. The van der Waals surface area contributed by atoms with Crippen molar-refractivity contribution < 1.29 is 32.4 Å². The molecule has 1 heterocycles. The average molecular weight is 508 g/mol. The van der Waals surface area contributed by atoms with Gasteiger partial charge < -0.3 is 19.8 Å². The van der Waals surface area contributed by atoms with Crippen LogP contribution in [0.25, 0.3) is 0 Å². The number of aromatic nitrogens is 1. The fourth-order valence-corrected chi connectivity index (χ4v) is 5.17. The number of carbonyl (C=O) groups is 2. The number of hydrogen-bond donors (Lipinski definition) is 2. The van der Waals surface area contributed by atoms with Crippen LogP contribution in [0.15, 0.2) is 28.8 Å². The second kappa shape index (κ2) is 10.9. The van der Waals surface area contributed by atoms with Crippen LogP contribution in [0.1, 0.15) is 74.3 Å². The number of amides is 1. The van der Waals surface area contributed by atoms with Crippen LogP contribution >= 0.6 is 0 Å². The Bertz CT molecular complexity index is 1080. The minimum absolute atomic E-state index is 0.0142. The van der Waals surface area contributed by atoms with E-state index < -0.39 is 24.5 Å². The highest BCUT2D eigenvalue weighted by Crippen LogP contribution is 2.49. The summed E-state index contributed by atoms with van der Waals surface area (Å²) in [5, 5.41) is 16.1. The summed E-state index contributed by atoms with van der Waals surface area (Å²) in [6, 6.07) is 7.21. The molecule has 36 heavy (non-hydrogen) atoms. The lowest BCUT2D eigenvalue weighted by Gasteiger charge is -2.37. The number of benzene rings is 1. The van der Waals surface area contributed by atoms with Crippen molar-refractivity contribution in [1.82, 2.24) is 5.16 Å². The first-order valence-electron chi connectivity index (χ1n) is 12.5. The molecule has 1 aromatic carbocycles. The number of aryl methyl sites for hydroxylation is 1. The number of hydrogen-bond acceptors (Lipinski definition) is 5. The van der Waals surface area contributed by atoms with Gasteiger partial charge in [0.05, 0.1) is 29.4 Å². The molecule has 0 saturated heterocycles. The Hall–Kier alpha value is -3.04. The van der Waals surface area contributed by atoms with Crippen LogP contribution in [0.3, 0.4) is 0 Å². The van der Waals surface area contributed by atoms with E-state index in [0.717, 1.165) is 37.7 Å². The summed E-state index contributed by atoms with van der Waals surface area (Å²) in [6.45, 7) is 1.95. The Morgan fingerprint density at radius 1 is 1.19 bits per heavy atom. The normalized spacial score (nSPS) is 20.2. The summed E-state index contributed by atoms with van der Waals surface area (Å²) in [6.07, 6.45) is 0.241. The maximum absolute atomic E-state index is 12.9. The number of nitrogens with zero attached hydrogens (tertiary/aromatic N) is 2. The minimum Gasteiger partial charge on any atom is -0.481 e. The van der Waals surface area contributed by atoms with Gasteiger partial charge in [-0.1, -0.05) is 30.5 Å². The van der Waals surface area contributed by atoms with Gasteiger partial charge in [0.2, 0.25) is 5.91 Å². The number of carboxylic acids is 1. The van der Waals surface area contributed by atoms with Crippen LogP contribution in [0, 0.1) is 12.8 Å². The number of aliphatic carboxylic acids is 1. The van der Waals surface area contributed by atoms with Crippen molar-refractivity contribution in [2.75, 3.05) is 16.8 Å². The summed E-state index contributed by atoms with van der Waals surface area (Å²) < 4.78 is 43.8. The highest BCUT2D eigenvalue weighted by atomic mass is 19.4. The van der Waals surface area contributed by atoms with Crippen LogP contribution in [-0.4, -0.2) is 40.9 Å². The lowest BCUT2D eigenvalue weighted by molar-refractivity contribution is -0.138. The predicted molar refractivity (Wildman–Crippen MR) is 128 cm³/mol. The van der Waals surface area contributed by atoms with Gasteiger partial charge in [-0.15, -0.1) is 0 Å². The molecule has 1 amide bonds. The summed E-state index contributed by atoms with van der Waals surface area (Å²) in [5.41, 5.74) is 2.44. The highest BCUT2D eigenvalue weighted by molar-refractivity contribution is 5.95. The van der Waals surface area contributed by atoms with Gasteiger partial charge in [0, 0.05) is 25.1 Å². The van der Waals surface area contributed by atoms with Crippen LogP contribution in [-0.2, 0) is 16.0 Å². The van der Waals surface area contributed by atoms with Gasteiger partial charge in [-0.2, -0.15) is 13.2 Å². The van der Waals surface area contributed by atoms with Crippen molar-refractivity contribution in [1.29, 1.82) is 0 Å². The number of anilines is 2. The second-order valence-electron chi connectivity index (χ2n) is 9.92. The first kappa shape index (κ1) is 26.0. The zero-order chi connectivity index (χ0) is 25.9. The Morgan fingerprint density at radius 2 is 1.94 bits per heavy atom. The number of nitrogens with one attached hydrogen (secondary N) is 1. The van der Waals surface area contributed by atoms with Gasteiger partial charge in [-0.3, -0.25) is 9.59 Å². The van der Waals surface area contributed by atoms with Crippen LogP contribution < -0.4 is 10.2 Å². The van der Waals surface area contributed by atoms with E-state index in [0.29, 0.717) is 29.2 Å². The molecule has 2 saturated carbocycles. The maximum atomic E-state index is 12.9. The molecular formula is C26H32F3N3O4. The van der Waals surface area contributed by atoms with E-state index in [2.05, 4.69) is 10.5 Å². The smallest absolute Gasteiger partial charge is 0.389 e. The molecule has 2 N–H and O–H groups in total. The van der Waals surface area contributed by atoms with Gasteiger partial charge in [0.25, 0.3) is 0 Å². The summed E-state index contributed by atoms with van der Waals surface area (Å²) in [7, 11) is 0. The van der Waals surface area contributed by atoms with Crippen molar-refractivity contribution in [3.05, 3.63) is 41.3 Å². The van der Waals surface area contributed by atoms with E-state index in [1.807, 2.05) is 17.0 Å². The fraction of sp³-hybridized carbons (Fsp3) is 0.577. The zero-order valence-electron chi connectivity index (χ0n) is 20.3. The van der Waals surface area contributed by atoms with E-state index in [1.165, 1.54) is 0 Å². The van der Waals surface area contributed by atoms with E-state index in [4.69, 9.17) is 4.52 Å². The Morgan fingerprint density at radius 3 is 2.56 bits per heavy atom. The SMILES string of the molecule is Cc1cc(CC(=O)Nc2cc([C@H]3C[C@H]3C(=O)O)ccc2N(CCCC(F)(F)F)C2CCCCC2)no1.